The Morgan fingerprint density at radius 2 is 2.35 bits per heavy atom. The summed E-state index contributed by atoms with van der Waals surface area (Å²) < 4.78 is 0. The largest absolute Gasteiger partial charge is 0.316 e. The number of aryl methyl sites for hydroxylation is 1. The number of para-hydroxylation sites is 1. The summed E-state index contributed by atoms with van der Waals surface area (Å²) in [6, 6.07) is 6.48. The highest BCUT2D eigenvalue weighted by molar-refractivity contribution is 5.85. The summed E-state index contributed by atoms with van der Waals surface area (Å²) in [5.41, 5.74) is 4.14. The Hall–Kier alpha value is -1.35. The fourth-order valence-electron chi connectivity index (χ4n) is 3.52. The summed E-state index contributed by atoms with van der Waals surface area (Å²) in [5.74, 6) is 0.868. The number of piperidine rings is 1. The predicted molar refractivity (Wildman–Crippen MR) is 68.1 cm³/mol. The van der Waals surface area contributed by atoms with Crippen LogP contribution >= 0.6 is 0 Å². The number of rotatable bonds is 1. The van der Waals surface area contributed by atoms with Crippen LogP contribution in [-0.2, 0) is 5.41 Å². The summed E-state index contributed by atoms with van der Waals surface area (Å²) in [4.78, 5) is 0. The third-order valence-corrected chi connectivity index (χ3v) is 4.63. The fourth-order valence-corrected chi connectivity index (χ4v) is 3.52. The summed E-state index contributed by atoms with van der Waals surface area (Å²) in [6.07, 6.45) is 2.64. The van der Waals surface area contributed by atoms with Crippen molar-refractivity contribution in [1.82, 2.24) is 15.5 Å². The molecule has 2 fully saturated rings. The first-order chi connectivity index (χ1) is 8.31. The van der Waals surface area contributed by atoms with E-state index in [0.29, 0.717) is 5.41 Å². The molecule has 3 nitrogen and oxygen atoms in total. The Morgan fingerprint density at radius 3 is 3.24 bits per heavy atom. The lowest BCUT2D eigenvalue weighted by Gasteiger charge is -2.22. The number of nitrogens with one attached hydrogen (secondary N) is 2. The van der Waals surface area contributed by atoms with Gasteiger partial charge in [-0.05, 0) is 37.8 Å². The van der Waals surface area contributed by atoms with Crippen LogP contribution in [0.25, 0.3) is 10.9 Å². The van der Waals surface area contributed by atoms with Gasteiger partial charge in [-0.3, -0.25) is 5.10 Å². The van der Waals surface area contributed by atoms with E-state index in [9.17, 15) is 0 Å². The molecule has 4 rings (SSSR count). The Morgan fingerprint density at radius 1 is 1.41 bits per heavy atom. The van der Waals surface area contributed by atoms with Crippen molar-refractivity contribution in [3.05, 3.63) is 29.5 Å². The SMILES string of the molecule is Cc1cccc2c(C34CNCCC3C4)[nH]nc12. The molecular weight excluding hydrogens is 210 g/mol. The van der Waals surface area contributed by atoms with Gasteiger partial charge in [0.05, 0.1) is 11.2 Å². The quantitative estimate of drug-likeness (QED) is 0.783. The first-order valence-electron chi connectivity index (χ1n) is 6.46. The van der Waals surface area contributed by atoms with Crippen molar-refractivity contribution in [2.75, 3.05) is 13.1 Å². The molecule has 1 aromatic carbocycles. The van der Waals surface area contributed by atoms with E-state index in [2.05, 4.69) is 40.6 Å². The molecule has 0 bridgehead atoms. The van der Waals surface area contributed by atoms with Crippen LogP contribution in [0.1, 0.15) is 24.1 Å². The highest BCUT2D eigenvalue weighted by atomic mass is 15.1. The van der Waals surface area contributed by atoms with E-state index in [0.717, 1.165) is 18.0 Å². The van der Waals surface area contributed by atoms with Crippen LogP contribution in [0.2, 0.25) is 0 Å². The van der Waals surface area contributed by atoms with Gasteiger partial charge in [0.25, 0.3) is 0 Å². The molecule has 0 amide bonds. The van der Waals surface area contributed by atoms with Crippen molar-refractivity contribution in [3.63, 3.8) is 0 Å². The molecule has 2 heterocycles. The monoisotopic (exact) mass is 227 g/mol. The molecule has 3 heteroatoms. The third kappa shape index (κ3) is 1.18. The Labute approximate surface area is 101 Å². The third-order valence-electron chi connectivity index (χ3n) is 4.63. The lowest BCUT2D eigenvalue weighted by molar-refractivity contribution is 0.441. The van der Waals surface area contributed by atoms with E-state index in [1.165, 1.54) is 36.0 Å². The first kappa shape index (κ1) is 9.66. The van der Waals surface area contributed by atoms with E-state index >= 15 is 0 Å². The maximum Gasteiger partial charge on any atom is 0.0953 e. The van der Waals surface area contributed by atoms with Crippen LogP contribution in [0.4, 0.5) is 0 Å². The molecular formula is C14H17N3. The van der Waals surface area contributed by atoms with Crippen LogP contribution in [0, 0.1) is 12.8 Å². The van der Waals surface area contributed by atoms with E-state index in [1.54, 1.807) is 0 Å². The Kier molecular flexibility index (Phi) is 1.76. The van der Waals surface area contributed by atoms with Gasteiger partial charge in [0, 0.05) is 17.3 Å². The molecule has 2 aliphatic rings. The lowest BCUT2D eigenvalue weighted by atomic mass is 9.92. The number of hydrogen-bond donors (Lipinski definition) is 2. The molecule has 0 radical (unpaired) electrons. The number of hydrogen-bond acceptors (Lipinski definition) is 2. The van der Waals surface area contributed by atoms with Gasteiger partial charge in [-0.25, -0.2) is 0 Å². The molecule has 1 saturated heterocycles. The highest BCUT2D eigenvalue weighted by Crippen LogP contribution is 2.57. The molecule has 1 aromatic heterocycles. The number of benzene rings is 1. The van der Waals surface area contributed by atoms with Gasteiger partial charge in [0.1, 0.15) is 0 Å². The van der Waals surface area contributed by atoms with Crippen molar-refractivity contribution in [3.8, 4) is 0 Å². The molecule has 2 atom stereocenters. The van der Waals surface area contributed by atoms with Gasteiger partial charge in [-0.1, -0.05) is 18.2 Å². The zero-order valence-corrected chi connectivity index (χ0v) is 10.1. The lowest BCUT2D eigenvalue weighted by Crippen LogP contribution is -2.34. The summed E-state index contributed by atoms with van der Waals surface area (Å²) in [6.45, 7) is 4.43. The van der Waals surface area contributed by atoms with Crippen molar-refractivity contribution >= 4 is 10.9 Å². The highest BCUT2D eigenvalue weighted by Gasteiger charge is 2.57. The van der Waals surface area contributed by atoms with E-state index in [1.807, 2.05) is 0 Å². The average molecular weight is 227 g/mol. The van der Waals surface area contributed by atoms with Gasteiger partial charge >= 0.3 is 0 Å². The average Bonchev–Trinajstić information content (AvgIpc) is 2.93. The van der Waals surface area contributed by atoms with Crippen molar-refractivity contribution in [2.45, 2.75) is 25.2 Å². The standard InChI is InChI=1S/C14H17N3/c1-9-3-2-4-11-12(9)16-17-13(11)14-7-10(14)5-6-15-8-14/h2-4,10,15H,5-8H2,1H3,(H,16,17). The smallest absolute Gasteiger partial charge is 0.0953 e. The van der Waals surface area contributed by atoms with Crippen LogP contribution in [0.5, 0.6) is 0 Å². The van der Waals surface area contributed by atoms with Gasteiger partial charge in [0.15, 0.2) is 0 Å². The number of aromatic amines is 1. The van der Waals surface area contributed by atoms with E-state index in [4.69, 9.17) is 0 Å². The summed E-state index contributed by atoms with van der Waals surface area (Å²) in [5, 5.41) is 12.7. The van der Waals surface area contributed by atoms with Crippen LogP contribution in [0.15, 0.2) is 18.2 Å². The van der Waals surface area contributed by atoms with E-state index < -0.39 is 0 Å². The molecule has 1 saturated carbocycles. The second-order valence-corrected chi connectivity index (χ2v) is 5.59. The van der Waals surface area contributed by atoms with Gasteiger partial charge < -0.3 is 5.32 Å². The van der Waals surface area contributed by atoms with Gasteiger partial charge in [-0.15, -0.1) is 0 Å². The number of nitrogens with zero attached hydrogens (tertiary/aromatic N) is 1. The van der Waals surface area contributed by atoms with Crippen molar-refractivity contribution in [1.29, 1.82) is 0 Å². The van der Waals surface area contributed by atoms with E-state index in [-0.39, 0.29) is 0 Å². The number of aromatic nitrogens is 2. The molecule has 88 valence electrons. The zero-order chi connectivity index (χ0) is 11.5. The van der Waals surface area contributed by atoms with Crippen molar-refractivity contribution < 1.29 is 0 Å². The van der Waals surface area contributed by atoms with Gasteiger partial charge in [0.2, 0.25) is 0 Å². The molecule has 0 spiro atoms. The maximum atomic E-state index is 4.51. The number of fused-ring (bicyclic) bond motifs is 2. The minimum atomic E-state index is 0.362. The predicted octanol–water partition coefficient (Wildman–Crippen LogP) is 2.12. The Bertz CT molecular complexity index is 586. The van der Waals surface area contributed by atoms with Crippen LogP contribution in [-0.4, -0.2) is 23.3 Å². The van der Waals surface area contributed by atoms with Crippen molar-refractivity contribution in [2.24, 2.45) is 5.92 Å². The first-order valence-corrected chi connectivity index (χ1v) is 6.46. The minimum Gasteiger partial charge on any atom is -0.316 e. The molecule has 2 unspecified atom stereocenters. The molecule has 17 heavy (non-hydrogen) atoms. The minimum absolute atomic E-state index is 0.362. The van der Waals surface area contributed by atoms with Gasteiger partial charge in [-0.2, -0.15) is 5.10 Å². The second kappa shape index (κ2) is 3.10. The molecule has 2 aromatic rings. The van der Waals surface area contributed by atoms with Crippen LogP contribution in [0.3, 0.4) is 0 Å². The fraction of sp³-hybridized carbons (Fsp3) is 0.500. The number of H-pyrrole nitrogens is 1. The van der Waals surface area contributed by atoms with Crippen LogP contribution < -0.4 is 5.32 Å². The summed E-state index contributed by atoms with van der Waals surface area (Å²) >= 11 is 0. The molecule has 1 aliphatic carbocycles. The topological polar surface area (TPSA) is 40.7 Å². The zero-order valence-electron chi connectivity index (χ0n) is 10.1. The Balaban J connectivity index is 1.90. The second-order valence-electron chi connectivity index (χ2n) is 5.59. The maximum absolute atomic E-state index is 4.51. The molecule has 1 aliphatic heterocycles. The summed E-state index contributed by atoms with van der Waals surface area (Å²) in [7, 11) is 0. The molecule has 2 N–H and O–H groups in total. The normalized spacial score (nSPS) is 31.5.